The Labute approximate surface area is 157 Å². The smallest absolute Gasteiger partial charge is 0.266 e. The van der Waals surface area contributed by atoms with E-state index in [-0.39, 0.29) is 17.5 Å². The van der Waals surface area contributed by atoms with Gasteiger partial charge in [-0.25, -0.2) is 4.98 Å². The SMILES string of the molecule is CCN(C(=O)COc1cc(Cl)c(Cl)cc1Cl)c1ccc(Br)cn1. The summed E-state index contributed by atoms with van der Waals surface area (Å²) in [4.78, 5) is 18.1. The predicted octanol–water partition coefficient (Wildman–Crippen LogP) is 5.24. The molecule has 0 radical (unpaired) electrons. The van der Waals surface area contributed by atoms with E-state index in [1.807, 2.05) is 13.0 Å². The summed E-state index contributed by atoms with van der Waals surface area (Å²) in [6.45, 7) is 2.13. The van der Waals surface area contributed by atoms with Gasteiger partial charge in [0.1, 0.15) is 11.6 Å². The monoisotopic (exact) mass is 436 g/mol. The minimum atomic E-state index is -0.246. The highest BCUT2D eigenvalue weighted by Crippen LogP contribution is 2.33. The molecule has 0 N–H and O–H groups in total. The van der Waals surface area contributed by atoms with Crippen molar-refractivity contribution in [3.63, 3.8) is 0 Å². The zero-order valence-corrected chi connectivity index (χ0v) is 15.9. The van der Waals surface area contributed by atoms with Gasteiger partial charge in [0.25, 0.3) is 5.91 Å². The van der Waals surface area contributed by atoms with E-state index in [0.717, 1.165) is 4.47 Å². The van der Waals surface area contributed by atoms with Gasteiger partial charge in [0.05, 0.1) is 15.1 Å². The van der Waals surface area contributed by atoms with Crippen molar-refractivity contribution < 1.29 is 9.53 Å². The van der Waals surface area contributed by atoms with Crippen LogP contribution in [0.15, 0.2) is 34.9 Å². The first-order valence-electron chi connectivity index (χ1n) is 6.61. The molecule has 0 aliphatic carbocycles. The van der Waals surface area contributed by atoms with Crippen LogP contribution in [0.1, 0.15) is 6.92 Å². The minimum absolute atomic E-state index is 0.191. The first-order valence-corrected chi connectivity index (χ1v) is 8.54. The van der Waals surface area contributed by atoms with Gasteiger partial charge in [-0.1, -0.05) is 34.8 Å². The summed E-state index contributed by atoms with van der Waals surface area (Å²) in [5.74, 6) is 0.600. The fourth-order valence-electron chi connectivity index (χ4n) is 1.83. The molecule has 1 heterocycles. The molecule has 1 aromatic carbocycles. The fraction of sp³-hybridized carbons (Fsp3) is 0.200. The Hall–Kier alpha value is -1.01. The van der Waals surface area contributed by atoms with Crippen LogP contribution in [0.3, 0.4) is 0 Å². The summed E-state index contributed by atoms with van der Waals surface area (Å²) in [7, 11) is 0. The Bertz CT molecular complexity index is 711. The molecule has 0 saturated carbocycles. The van der Waals surface area contributed by atoms with Crippen molar-refractivity contribution in [3.05, 3.63) is 50.0 Å². The standard InChI is InChI=1S/C15H12BrCl3N2O2/c1-2-21(14-4-3-9(16)7-20-14)15(22)8-23-13-6-11(18)10(17)5-12(13)19/h3-7H,2,8H2,1H3. The molecule has 1 aromatic heterocycles. The highest BCUT2D eigenvalue weighted by molar-refractivity contribution is 9.10. The minimum Gasteiger partial charge on any atom is -0.482 e. The van der Waals surface area contributed by atoms with Crippen molar-refractivity contribution in [2.75, 3.05) is 18.1 Å². The van der Waals surface area contributed by atoms with Crippen LogP contribution in [-0.4, -0.2) is 24.0 Å². The molecule has 0 bridgehead atoms. The van der Waals surface area contributed by atoms with Crippen molar-refractivity contribution in [2.24, 2.45) is 0 Å². The van der Waals surface area contributed by atoms with Crippen molar-refractivity contribution in [2.45, 2.75) is 6.92 Å². The Morgan fingerprint density at radius 3 is 2.52 bits per heavy atom. The van der Waals surface area contributed by atoms with Gasteiger partial charge in [0.2, 0.25) is 0 Å². The van der Waals surface area contributed by atoms with Gasteiger partial charge >= 0.3 is 0 Å². The average Bonchev–Trinajstić information content (AvgIpc) is 2.52. The third-order valence-electron chi connectivity index (χ3n) is 2.93. The average molecular weight is 439 g/mol. The molecular formula is C15H12BrCl3N2O2. The molecule has 0 fully saturated rings. The van der Waals surface area contributed by atoms with Crippen molar-refractivity contribution >= 4 is 62.5 Å². The van der Waals surface area contributed by atoms with E-state index >= 15 is 0 Å². The lowest BCUT2D eigenvalue weighted by atomic mass is 10.3. The molecule has 0 aliphatic rings. The number of halogens is 4. The number of rotatable bonds is 5. The van der Waals surface area contributed by atoms with Gasteiger partial charge in [-0.15, -0.1) is 0 Å². The summed E-state index contributed by atoms with van der Waals surface area (Å²) in [5.41, 5.74) is 0. The van der Waals surface area contributed by atoms with E-state index in [1.54, 1.807) is 12.3 Å². The van der Waals surface area contributed by atoms with Gasteiger partial charge in [0, 0.05) is 23.3 Å². The molecule has 8 heteroatoms. The summed E-state index contributed by atoms with van der Waals surface area (Å²) in [5, 5.41) is 0.919. The number of ether oxygens (including phenoxy) is 1. The second-order valence-corrected chi connectivity index (χ2v) is 6.60. The topological polar surface area (TPSA) is 42.4 Å². The van der Waals surface area contributed by atoms with Crippen LogP contribution in [0.25, 0.3) is 0 Å². The lowest BCUT2D eigenvalue weighted by Crippen LogP contribution is -2.35. The van der Waals surface area contributed by atoms with Crippen LogP contribution in [-0.2, 0) is 4.79 Å². The lowest BCUT2D eigenvalue weighted by molar-refractivity contribution is -0.120. The Morgan fingerprint density at radius 1 is 1.22 bits per heavy atom. The van der Waals surface area contributed by atoms with Crippen molar-refractivity contribution in [1.82, 2.24) is 4.98 Å². The number of hydrogen-bond donors (Lipinski definition) is 0. The molecule has 23 heavy (non-hydrogen) atoms. The van der Waals surface area contributed by atoms with Crippen LogP contribution >= 0.6 is 50.7 Å². The molecule has 4 nitrogen and oxygen atoms in total. The van der Waals surface area contributed by atoms with Gasteiger partial charge in [-0.2, -0.15) is 0 Å². The summed E-state index contributed by atoms with van der Waals surface area (Å²) >= 11 is 21.1. The van der Waals surface area contributed by atoms with E-state index in [9.17, 15) is 4.79 Å². The van der Waals surface area contributed by atoms with E-state index in [4.69, 9.17) is 39.5 Å². The van der Waals surface area contributed by atoms with Crippen LogP contribution in [0.4, 0.5) is 5.82 Å². The number of amides is 1. The largest absolute Gasteiger partial charge is 0.482 e. The van der Waals surface area contributed by atoms with Crippen LogP contribution in [0.5, 0.6) is 5.75 Å². The van der Waals surface area contributed by atoms with Gasteiger partial charge in [0.15, 0.2) is 6.61 Å². The van der Waals surface area contributed by atoms with E-state index in [2.05, 4.69) is 20.9 Å². The summed E-state index contributed by atoms with van der Waals surface area (Å²) in [6.07, 6.45) is 1.63. The lowest BCUT2D eigenvalue weighted by Gasteiger charge is -2.20. The number of aromatic nitrogens is 1. The summed E-state index contributed by atoms with van der Waals surface area (Å²) < 4.78 is 6.30. The molecule has 0 spiro atoms. The third kappa shape index (κ3) is 4.73. The van der Waals surface area contributed by atoms with Crippen molar-refractivity contribution in [3.8, 4) is 5.75 Å². The number of likely N-dealkylation sites (N-methyl/N-ethyl adjacent to an activating group) is 1. The van der Waals surface area contributed by atoms with Gasteiger partial charge in [-0.05, 0) is 41.1 Å². The zero-order valence-electron chi connectivity index (χ0n) is 12.0. The number of hydrogen-bond acceptors (Lipinski definition) is 3. The molecular weight excluding hydrogens is 426 g/mol. The number of carbonyl (C=O) groups excluding carboxylic acids is 1. The van der Waals surface area contributed by atoms with Crippen LogP contribution in [0, 0.1) is 0 Å². The number of pyridine rings is 1. The molecule has 1 amide bonds. The van der Waals surface area contributed by atoms with Gasteiger partial charge < -0.3 is 4.74 Å². The van der Waals surface area contributed by atoms with Crippen LogP contribution in [0.2, 0.25) is 15.1 Å². The quantitative estimate of drug-likeness (QED) is 0.600. The number of benzene rings is 1. The second-order valence-electron chi connectivity index (χ2n) is 4.46. The number of anilines is 1. The normalized spacial score (nSPS) is 10.5. The number of nitrogens with zero attached hydrogens (tertiary/aromatic N) is 2. The summed E-state index contributed by atoms with van der Waals surface area (Å²) in [6, 6.07) is 6.51. The molecule has 0 atom stereocenters. The molecule has 122 valence electrons. The Kier molecular flexibility index (Phi) is 6.53. The highest BCUT2D eigenvalue weighted by atomic mass is 79.9. The predicted molar refractivity (Wildman–Crippen MR) is 96.9 cm³/mol. The third-order valence-corrected chi connectivity index (χ3v) is 4.42. The van der Waals surface area contributed by atoms with Crippen LogP contribution < -0.4 is 9.64 Å². The molecule has 0 saturated heterocycles. The zero-order chi connectivity index (χ0) is 17.0. The first kappa shape index (κ1) is 18.3. The van der Waals surface area contributed by atoms with Gasteiger partial charge in [-0.3, -0.25) is 9.69 Å². The fourth-order valence-corrected chi connectivity index (χ4v) is 2.65. The Balaban J connectivity index is 2.08. The maximum absolute atomic E-state index is 12.3. The highest BCUT2D eigenvalue weighted by Gasteiger charge is 2.17. The van der Waals surface area contributed by atoms with Crippen molar-refractivity contribution in [1.29, 1.82) is 0 Å². The molecule has 2 rings (SSSR count). The molecule has 2 aromatic rings. The Morgan fingerprint density at radius 2 is 1.91 bits per heavy atom. The molecule has 0 unspecified atom stereocenters. The second kappa shape index (κ2) is 8.20. The number of carbonyl (C=O) groups is 1. The molecule has 0 aliphatic heterocycles. The first-order chi connectivity index (χ1) is 10.9. The maximum Gasteiger partial charge on any atom is 0.266 e. The van der Waals surface area contributed by atoms with E-state index in [1.165, 1.54) is 17.0 Å². The van der Waals surface area contributed by atoms with E-state index in [0.29, 0.717) is 28.2 Å². The van der Waals surface area contributed by atoms with E-state index < -0.39 is 0 Å². The maximum atomic E-state index is 12.3.